The van der Waals surface area contributed by atoms with Crippen LogP contribution in [0, 0.1) is 5.92 Å². The molecule has 1 aliphatic carbocycles. The molecule has 0 atom stereocenters. The van der Waals surface area contributed by atoms with Crippen LogP contribution in [0.25, 0.3) is 0 Å². The number of nitrogens with two attached hydrogens (primary N) is 1. The van der Waals surface area contributed by atoms with E-state index < -0.39 is 5.54 Å². The van der Waals surface area contributed by atoms with Gasteiger partial charge >= 0.3 is 0 Å². The molecule has 1 heterocycles. The van der Waals surface area contributed by atoms with Gasteiger partial charge in [-0.1, -0.05) is 0 Å². The minimum atomic E-state index is -0.664. The highest BCUT2D eigenvalue weighted by atomic mass is 16.5. The molecule has 1 aliphatic heterocycles. The van der Waals surface area contributed by atoms with E-state index in [2.05, 4.69) is 0 Å². The summed E-state index contributed by atoms with van der Waals surface area (Å²) in [6.07, 6.45) is 3.86. The molecule has 2 rings (SSSR count). The van der Waals surface area contributed by atoms with Crippen molar-refractivity contribution in [2.75, 3.05) is 26.3 Å². The second kappa shape index (κ2) is 4.72. The first-order valence-corrected chi connectivity index (χ1v) is 6.32. The van der Waals surface area contributed by atoms with Gasteiger partial charge in [-0.05, 0) is 38.5 Å². The lowest BCUT2D eigenvalue weighted by Gasteiger charge is -2.36. The van der Waals surface area contributed by atoms with Crippen LogP contribution in [0.15, 0.2) is 0 Å². The highest BCUT2D eigenvalue weighted by Crippen LogP contribution is 2.31. The molecule has 0 aromatic carbocycles. The Bertz CT molecular complexity index is 258. The molecule has 4 nitrogen and oxygen atoms in total. The highest BCUT2D eigenvalue weighted by molar-refractivity contribution is 5.86. The Hall–Kier alpha value is -0.610. The summed E-state index contributed by atoms with van der Waals surface area (Å²) in [4.78, 5) is 14.3. The van der Waals surface area contributed by atoms with E-state index in [0.29, 0.717) is 26.1 Å². The Labute approximate surface area is 97.1 Å². The van der Waals surface area contributed by atoms with Crippen LogP contribution in [-0.4, -0.2) is 42.6 Å². The molecular formula is C12H22N2O2. The Morgan fingerprint density at radius 3 is 2.56 bits per heavy atom. The van der Waals surface area contributed by atoms with Crippen molar-refractivity contribution < 1.29 is 9.53 Å². The SMILES string of the molecule is CCN(CC1CC1)C(=O)C1(N)CCOCC1. The third-order valence-electron chi connectivity index (χ3n) is 3.66. The lowest BCUT2D eigenvalue weighted by Crippen LogP contribution is -2.58. The molecule has 0 spiro atoms. The number of ether oxygens (including phenoxy) is 1. The van der Waals surface area contributed by atoms with E-state index in [1.807, 2.05) is 11.8 Å². The third-order valence-corrected chi connectivity index (χ3v) is 3.66. The molecule has 2 N–H and O–H groups in total. The fourth-order valence-corrected chi connectivity index (χ4v) is 2.23. The van der Waals surface area contributed by atoms with Gasteiger partial charge in [0.1, 0.15) is 0 Å². The summed E-state index contributed by atoms with van der Waals surface area (Å²) in [6.45, 7) is 4.93. The van der Waals surface area contributed by atoms with Gasteiger partial charge in [0.15, 0.2) is 0 Å². The maximum atomic E-state index is 12.4. The second-order valence-electron chi connectivity index (χ2n) is 5.06. The number of amides is 1. The fourth-order valence-electron chi connectivity index (χ4n) is 2.23. The smallest absolute Gasteiger partial charge is 0.242 e. The van der Waals surface area contributed by atoms with Crippen LogP contribution in [0.5, 0.6) is 0 Å². The Morgan fingerprint density at radius 1 is 1.44 bits per heavy atom. The van der Waals surface area contributed by atoms with Gasteiger partial charge < -0.3 is 15.4 Å². The van der Waals surface area contributed by atoms with E-state index in [0.717, 1.165) is 19.0 Å². The predicted octanol–water partition coefficient (Wildman–Crippen LogP) is 0.753. The molecule has 2 fully saturated rings. The van der Waals surface area contributed by atoms with E-state index in [1.54, 1.807) is 0 Å². The molecule has 0 radical (unpaired) electrons. The lowest BCUT2D eigenvalue weighted by atomic mass is 9.89. The minimum absolute atomic E-state index is 0.130. The van der Waals surface area contributed by atoms with Gasteiger partial charge in [0.2, 0.25) is 5.91 Å². The zero-order chi connectivity index (χ0) is 11.6. The predicted molar refractivity (Wildman–Crippen MR) is 61.9 cm³/mol. The molecule has 0 aromatic rings. The van der Waals surface area contributed by atoms with Gasteiger partial charge in [0, 0.05) is 26.3 Å². The number of hydrogen-bond donors (Lipinski definition) is 1. The van der Waals surface area contributed by atoms with Crippen molar-refractivity contribution >= 4 is 5.91 Å². The quantitative estimate of drug-likeness (QED) is 0.769. The number of rotatable bonds is 4. The molecule has 4 heteroatoms. The van der Waals surface area contributed by atoms with E-state index in [-0.39, 0.29) is 5.91 Å². The van der Waals surface area contributed by atoms with E-state index >= 15 is 0 Å². The van der Waals surface area contributed by atoms with Gasteiger partial charge in [-0.3, -0.25) is 4.79 Å². The van der Waals surface area contributed by atoms with Gasteiger partial charge in [0.05, 0.1) is 5.54 Å². The normalized spacial score (nSPS) is 24.1. The van der Waals surface area contributed by atoms with Crippen molar-refractivity contribution in [2.45, 2.75) is 38.1 Å². The van der Waals surface area contributed by atoms with Crippen LogP contribution in [-0.2, 0) is 9.53 Å². The third kappa shape index (κ3) is 2.55. The van der Waals surface area contributed by atoms with Crippen molar-refractivity contribution in [3.63, 3.8) is 0 Å². The fraction of sp³-hybridized carbons (Fsp3) is 0.917. The summed E-state index contributed by atoms with van der Waals surface area (Å²) in [5, 5.41) is 0. The summed E-state index contributed by atoms with van der Waals surface area (Å²) in [6, 6.07) is 0. The molecule has 0 unspecified atom stereocenters. The minimum Gasteiger partial charge on any atom is -0.381 e. The summed E-state index contributed by atoms with van der Waals surface area (Å²) in [5.41, 5.74) is 5.54. The maximum Gasteiger partial charge on any atom is 0.242 e. The van der Waals surface area contributed by atoms with Crippen LogP contribution < -0.4 is 5.73 Å². The number of hydrogen-bond acceptors (Lipinski definition) is 3. The van der Waals surface area contributed by atoms with Gasteiger partial charge in [-0.15, -0.1) is 0 Å². The zero-order valence-electron chi connectivity index (χ0n) is 10.1. The van der Waals surface area contributed by atoms with Crippen molar-refractivity contribution in [1.82, 2.24) is 4.90 Å². The number of likely N-dealkylation sites (N-methyl/N-ethyl adjacent to an activating group) is 1. The Balaban J connectivity index is 1.96. The first-order valence-electron chi connectivity index (χ1n) is 6.32. The molecular weight excluding hydrogens is 204 g/mol. The topological polar surface area (TPSA) is 55.6 Å². The Morgan fingerprint density at radius 2 is 2.06 bits per heavy atom. The second-order valence-corrected chi connectivity index (χ2v) is 5.06. The molecule has 1 saturated heterocycles. The molecule has 2 aliphatic rings. The first-order chi connectivity index (χ1) is 7.65. The summed E-state index contributed by atoms with van der Waals surface area (Å²) >= 11 is 0. The molecule has 1 saturated carbocycles. The average molecular weight is 226 g/mol. The van der Waals surface area contributed by atoms with Crippen molar-refractivity contribution in [3.8, 4) is 0 Å². The van der Waals surface area contributed by atoms with Crippen LogP contribution in [0.3, 0.4) is 0 Å². The molecule has 92 valence electrons. The molecule has 16 heavy (non-hydrogen) atoms. The molecule has 0 bridgehead atoms. The van der Waals surface area contributed by atoms with Crippen molar-refractivity contribution in [3.05, 3.63) is 0 Å². The monoisotopic (exact) mass is 226 g/mol. The highest BCUT2D eigenvalue weighted by Gasteiger charge is 2.39. The standard InChI is InChI=1S/C12H22N2O2/c1-2-14(9-10-3-4-10)11(15)12(13)5-7-16-8-6-12/h10H,2-9,13H2,1H3. The number of carbonyl (C=O) groups excluding carboxylic acids is 1. The summed E-state index contributed by atoms with van der Waals surface area (Å²) in [5.74, 6) is 0.859. The Kier molecular flexibility index (Phi) is 3.50. The van der Waals surface area contributed by atoms with Crippen LogP contribution in [0.2, 0.25) is 0 Å². The van der Waals surface area contributed by atoms with Crippen molar-refractivity contribution in [1.29, 1.82) is 0 Å². The zero-order valence-corrected chi connectivity index (χ0v) is 10.1. The van der Waals surface area contributed by atoms with Gasteiger partial charge in [-0.2, -0.15) is 0 Å². The van der Waals surface area contributed by atoms with Crippen LogP contribution >= 0.6 is 0 Å². The average Bonchev–Trinajstić information content (AvgIpc) is 3.10. The summed E-state index contributed by atoms with van der Waals surface area (Å²) < 4.78 is 5.27. The van der Waals surface area contributed by atoms with Crippen molar-refractivity contribution in [2.24, 2.45) is 11.7 Å². The lowest BCUT2D eigenvalue weighted by molar-refractivity contribution is -0.140. The first kappa shape index (κ1) is 11.9. The number of carbonyl (C=O) groups is 1. The van der Waals surface area contributed by atoms with E-state index in [1.165, 1.54) is 12.8 Å². The van der Waals surface area contributed by atoms with E-state index in [4.69, 9.17) is 10.5 Å². The summed E-state index contributed by atoms with van der Waals surface area (Å²) in [7, 11) is 0. The maximum absolute atomic E-state index is 12.4. The number of nitrogens with zero attached hydrogens (tertiary/aromatic N) is 1. The van der Waals surface area contributed by atoms with Gasteiger partial charge in [-0.25, -0.2) is 0 Å². The molecule has 0 aromatic heterocycles. The van der Waals surface area contributed by atoms with Gasteiger partial charge in [0.25, 0.3) is 0 Å². The van der Waals surface area contributed by atoms with Crippen LogP contribution in [0.4, 0.5) is 0 Å². The molecule has 1 amide bonds. The van der Waals surface area contributed by atoms with E-state index in [9.17, 15) is 4.79 Å². The largest absolute Gasteiger partial charge is 0.381 e. The van der Waals surface area contributed by atoms with Crippen LogP contribution in [0.1, 0.15) is 32.6 Å².